The van der Waals surface area contributed by atoms with Crippen molar-refractivity contribution in [2.24, 2.45) is 0 Å². The minimum Gasteiger partial charge on any atom is -0.457 e. The van der Waals surface area contributed by atoms with Crippen LogP contribution < -0.4 is 9.64 Å². The smallest absolute Gasteiger partial charge is 0.228 e. The normalized spacial score (nSPS) is 10.7. The van der Waals surface area contributed by atoms with Crippen molar-refractivity contribution >= 4 is 23.8 Å². The van der Waals surface area contributed by atoms with E-state index in [1.165, 1.54) is 5.56 Å². The van der Waals surface area contributed by atoms with Crippen molar-refractivity contribution in [1.29, 1.82) is 0 Å². The largest absolute Gasteiger partial charge is 0.457 e. The summed E-state index contributed by atoms with van der Waals surface area (Å²) < 4.78 is 8.18. The zero-order valence-corrected chi connectivity index (χ0v) is 18.8. The summed E-state index contributed by atoms with van der Waals surface area (Å²) in [5.41, 5.74) is 2.93. The Kier molecular flexibility index (Phi) is 6.47. The van der Waals surface area contributed by atoms with Gasteiger partial charge in [-0.15, -0.1) is 0 Å². The number of H-pyrrole nitrogens is 1. The average Bonchev–Trinajstić information content (AvgIpc) is 3.19. The monoisotopic (exact) mass is 444 g/mol. The molecule has 4 aromatic rings. The van der Waals surface area contributed by atoms with E-state index in [0.717, 1.165) is 22.8 Å². The van der Waals surface area contributed by atoms with E-state index in [9.17, 15) is 4.79 Å². The first-order chi connectivity index (χ1) is 15.5. The van der Waals surface area contributed by atoms with Crippen molar-refractivity contribution in [1.82, 2.24) is 14.8 Å². The quantitative estimate of drug-likeness (QED) is 0.368. The second-order valence-electron chi connectivity index (χ2n) is 7.48. The molecule has 0 atom stereocenters. The molecular formula is C25H24N4O2S. The topological polar surface area (TPSA) is 63.2 Å². The molecular weight excluding hydrogens is 420 g/mol. The van der Waals surface area contributed by atoms with Gasteiger partial charge in [-0.05, 0) is 55.5 Å². The van der Waals surface area contributed by atoms with Gasteiger partial charge in [-0.2, -0.15) is 5.10 Å². The highest BCUT2D eigenvalue weighted by atomic mass is 32.1. The summed E-state index contributed by atoms with van der Waals surface area (Å²) in [5.74, 6) is 2.20. The Morgan fingerprint density at radius 3 is 2.34 bits per heavy atom. The molecule has 0 saturated carbocycles. The number of aryl methyl sites for hydroxylation is 1. The lowest BCUT2D eigenvalue weighted by Gasteiger charge is -2.18. The van der Waals surface area contributed by atoms with Crippen LogP contribution in [-0.2, 0) is 11.3 Å². The summed E-state index contributed by atoms with van der Waals surface area (Å²) in [6.07, 6.45) is 0.297. The van der Waals surface area contributed by atoms with Gasteiger partial charge in [0.1, 0.15) is 11.5 Å². The maximum absolute atomic E-state index is 12.8. The fraction of sp³-hybridized carbons (Fsp3) is 0.160. The van der Waals surface area contributed by atoms with Gasteiger partial charge in [0.15, 0.2) is 10.6 Å². The fourth-order valence-corrected chi connectivity index (χ4v) is 3.55. The van der Waals surface area contributed by atoms with Crippen LogP contribution in [0.3, 0.4) is 0 Å². The number of hydrogen-bond donors (Lipinski definition) is 1. The fourth-order valence-electron chi connectivity index (χ4n) is 3.33. The highest BCUT2D eigenvalue weighted by Crippen LogP contribution is 2.24. The molecule has 4 rings (SSSR count). The van der Waals surface area contributed by atoms with E-state index in [2.05, 4.69) is 10.2 Å². The number of rotatable bonds is 7. The van der Waals surface area contributed by atoms with Crippen molar-refractivity contribution in [2.75, 3.05) is 11.9 Å². The number of hydrogen-bond acceptors (Lipinski definition) is 4. The Bertz CT molecular complexity index is 1250. The van der Waals surface area contributed by atoms with Gasteiger partial charge in [-0.25, -0.2) is 0 Å². The minimum absolute atomic E-state index is 0.0142. The van der Waals surface area contributed by atoms with Gasteiger partial charge >= 0.3 is 0 Å². The third-order valence-corrected chi connectivity index (χ3v) is 5.51. The number of carbonyl (C=O) groups is 1. The number of aromatic amines is 1. The second-order valence-corrected chi connectivity index (χ2v) is 7.87. The van der Waals surface area contributed by atoms with Crippen LogP contribution >= 0.6 is 12.2 Å². The number of carbonyl (C=O) groups excluding carboxylic acids is 1. The maximum Gasteiger partial charge on any atom is 0.228 e. The molecule has 0 aliphatic carbocycles. The molecule has 1 heterocycles. The average molecular weight is 445 g/mol. The number of nitrogens with one attached hydrogen (secondary N) is 1. The molecule has 1 aromatic heterocycles. The first-order valence-electron chi connectivity index (χ1n) is 10.3. The summed E-state index contributed by atoms with van der Waals surface area (Å²) in [7, 11) is 1.77. The van der Waals surface area contributed by atoms with Gasteiger partial charge in [0.2, 0.25) is 5.91 Å². The Morgan fingerprint density at radius 1 is 1.00 bits per heavy atom. The van der Waals surface area contributed by atoms with Crippen LogP contribution in [-0.4, -0.2) is 27.7 Å². The van der Waals surface area contributed by atoms with E-state index < -0.39 is 0 Å². The number of anilines is 1. The van der Waals surface area contributed by atoms with Crippen LogP contribution in [0.5, 0.6) is 11.5 Å². The SMILES string of the molecule is Cc1ccc(-c2n[nH]c(=S)n2CCC(=O)N(C)c2ccc(Oc3ccccc3)cc2)cc1. The lowest BCUT2D eigenvalue weighted by Crippen LogP contribution is -2.27. The van der Waals surface area contributed by atoms with Crippen molar-refractivity contribution < 1.29 is 9.53 Å². The summed E-state index contributed by atoms with van der Waals surface area (Å²) in [5, 5.41) is 7.19. The molecule has 3 aromatic carbocycles. The van der Waals surface area contributed by atoms with Crippen LogP contribution in [0.4, 0.5) is 5.69 Å². The summed E-state index contributed by atoms with van der Waals surface area (Å²) >= 11 is 5.38. The first kappa shape index (κ1) is 21.5. The number of benzene rings is 3. The Hall–Kier alpha value is -3.71. The van der Waals surface area contributed by atoms with Crippen LogP contribution in [0.25, 0.3) is 11.4 Å². The summed E-state index contributed by atoms with van der Waals surface area (Å²) in [4.78, 5) is 14.5. The van der Waals surface area contributed by atoms with Gasteiger partial charge in [0.05, 0.1) is 0 Å². The number of amides is 1. The van der Waals surface area contributed by atoms with Gasteiger partial charge < -0.3 is 9.64 Å². The summed E-state index contributed by atoms with van der Waals surface area (Å²) in [6, 6.07) is 25.1. The van der Waals surface area contributed by atoms with E-state index in [1.807, 2.05) is 90.4 Å². The lowest BCUT2D eigenvalue weighted by atomic mass is 10.1. The van der Waals surface area contributed by atoms with Gasteiger partial charge in [0.25, 0.3) is 0 Å². The van der Waals surface area contributed by atoms with Crippen LogP contribution in [0.1, 0.15) is 12.0 Å². The predicted molar refractivity (Wildman–Crippen MR) is 129 cm³/mol. The molecule has 6 nitrogen and oxygen atoms in total. The molecule has 0 fully saturated rings. The molecule has 0 saturated heterocycles. The van der Waals surface area contributed by atoms with Crippen LogP contribution in [0.2, 0.25) is 0 Å². The predicted octanol–water partition coefficient (Wildman–Crippen LogP) is 5.76. The van der Waals surface area contributed by atoms with Gasteiger partial charge in [0, 0.05) is 31.3 Å². The molecule has 32 heavy (non-hydrogen) atoms. The maximum atomic E-state index is 12.8. The Balaban J connectivity index is 1.41. The number of ether oxygens (including phenoxy) is 1. The molecule has 7 heteroatoms. The van der Waals surface area contributed by atoms with Crippen LogP contribution in [0.15, 0.2) is 78.9 Å². The van der Waals surface area contributed by atoms with E-state index in [0.29, 0.717) is 23.5 Å². The number of nitrogens with zero attached hydrogens (tertiary/aromatic N) is 3. The molecule has 1 N–H and O–H groups in total. The molecule has 0 radical (unpaired) electrons. The van der Waals surface area contributed by atoms with Crippen molar-refractivity contribution in [3.05, 3.63) is 89.2 Å². The van der Waals surface area contributed by atoms with Gasteiger partial charge in [-0.3, -0.25) is 14.5 Å². The van der Waals surface area contributed by atoms with E-state index in [1.54, 1.807) is 11.9 Å². The molecule has 0 bridgehead atoms. The highest BCUT2D eigenvalue weighted by molar-refractivity contribution is 7.71. The second kappa shape index (κ2) is 9.62. The van der Waals surface area contributed by atoms with Crippen molar-refractivity contribution in [3.8, 4) is 22.9 Å². The van der Waals surface area contributed by atoms with Gasteiger partial charge in [-0.1, -0.05) is 48.0 Å². The molecule has 1 amide bonds. The Morgan fingerprint density at radius 2 is 1.66 bits per heavy atom. The molecule has 0 aliphatic heterocycles. The standard InChI is InChI=1S/C25H24N4O2S/c1-18-8-10-19(11-9-18)24-26-27-25(32)29(24)17-16-23(30)28(2)20-12-14-22(15-13-20)31-21-6-4-3-5-7-21/h3-15H,16-17H2,1-2H3,(H,27,32). The van der Waals surface area contributed by atoms with E-state index in [-0.39, 0.29) is 5.91 Å². The highest BCUT2D eigenvalue weighted by Gasteiger charge is 2.14. The zero-order valence-electron chi connectivity index (χ0n) is 18.0. The summed E-state index contributed by atoms with van der Waals surface area (Å²) in [6.45, 7) is 2.48. The van der Waals surface area contributed by atoms with E-state index in [4.69, 9.17) is 17.0 Å². The van der Waals surface area contributed by atoms with Crippen molar-refractivity contribution in [3.63, 3.8) is 0 Å². The van der Waals surface area contributed by atoms with E-state index >= 15 is 0 Å². The molecule has 0 unspecified atom stereocenters. The zero-order chi connectivity index (χ0) is 22.5. The first-order valence-corrected chi connectivity index (χ1v) is 10.7. The molecule has 162 valence electrons. The number of para-hydroxylation sites is 1. The third kappa shape index (κ3) is 4.95. The minimum atomic E-state index is -0.0142. The number of aromatic nitrogens is 3. The van der Waals surface area contributed by atoms with Crippen molar-refractivity contribution in [2.45, 2.75) is 19.9 Å². The lowest BCUT2D eigenvalue weighted by molar-refractivity contribution is -0.118. The third-order valence-electron chi connectivity index (χ3n) is 5.19. The van der Waals surface area contributed by atoms with Crippen LogP contribution in [0, 0.1) is 11.7 Å². The Labute approximate surface area is 192 Å². The molecule has 0 aliphatic rings. The molecule has 0 spiro atoms.